The Kier molecular flexibility index (Phi) is 3.14. The minimum atomic E-state index is -1.12. The van der Waals surface area contributed by atoms with Crippen LogP contribution >= 0.6 is 0 Å². The lowest BCUT2D eigenvalue weighted by Crippen LogP contribution is -2.55. The molecule has 0 aromatic carbocycles. The number of carbonyl (C=O) groups is 2. The summed E-state index contributed by atoms with van der Waals surface area (Å²) in [5.41, 5.74) is -0.102. The predicted octanol–water partition coefficient (Wildman–Crippen LogP) is -1.92. The second-order valence-corrected chi connectivity index (χ2v) is 5.14. The third kappa shape index (κ3) is 2.25. The molecule has 0 radical (unpaired) electrons. The monoisotopic (exact) mass is 281 g/mol. The van der Waals surface area contributed by atoms with Crippen molar-refractivity contribution in [1.29, 1.82) is 0 Å². The average Bonchev–Trinajstić information content (AvgIpc) is 2.96. The molecule has 9 nitrogen and oxygen atoms in total. The van der Waals surface area contributed by atoms with Crippen LogP contribution in [0.5, 0.6) is 0 Å². The second-order valence-electron chi connectivity index (χ2n) is 5.14. The number of hydrogen-bond acceptors (Lipinski definition) is 6. The van der Waals surface area contributed by atoms with Crippen molar-refractivity contribution in [2.75, 3.05) is 19.6 Å². The van der Waals surface area contributed by atoms with Gasteiger partial charge in [0.15, 0.2) is 5.69 Å². The summed E-state index contributed by atoms with van der Waals surface area (Å²) >= 11 is 0. The number of carboxylic acid groups (broad SMARTS) is 1. The molecule has 2 aliphatic heterocycles. The Bertz CT molecular complexity index is 539. The van der Waals surface area contributed by atoms with Gasteiger partial charge in [-0.3, -0.25) is 4.79 Å². The van der Waals surface area contributed by atoms with Gasteiger partial charge in [-0.2, -0.15) is 0 Å². The summed E-state index contributed by atoms with van der Waals surface area (Å²) in [7, 11) is 0. The van der Waals surface area contributed by atoms with Crippen LogP contribution < -0.4 is 5.32 Å². The molecule has 0 saturated carbocycles. The lowest BCUT2D eigenvalue weighted by Gasteiger charge is -2.40. The van der Waals surface area contributed by atoms with Crippen molar-refractivity contribution in [2.45, 2.75) is 24.6 Å². The molecule has 20 heavy (non-hydrogen) atoms. The van der Waals surface area contributed by atoms with Gasteiger partial charge in [-0.1, -0.05) is 5.21 Å². The molecular formula is C11H15N5O4. The third-order valence-corrected chi connectivity index (χ3v) is 3.68. The van der Waals surface area contributed by atoms with E-state index < -0.39 is 12.1 Å². The first-order chi connectivity index (χ1) is 9.54. The number of nitrogens with one attached hydrogen (secondary N) is 1. The van der Waals surface area contributed by atoms with Crippen LogP contribution in [-0.2, 0) is 4.79 Å². The van der Waals surface area contributed by atoms with Gasteiger partial charge in [-0.25, -0.2) is 9.48 Å². The lowest BCUT2D eigenvalue weighted by molar-refractivity contribution is -0.139. The average molecular weight is 281 g/mol. The Morgan fingerprint density at radius 2 is 2.15 bits per heavy atom. The van der Waals surface area contributed by atoms with Crippen LogP contribution in [0.3, 0.4) is 0 Å². The van der Waals surface area contributed by atoms with Crippen LogP contribution in [0.4, 0.5) is 0 Å². The predicted molar refractivity (Wildman–Crippen MR) is 65.0 cm³/mol. The van der Waals surface area contributed by atoms with Crippen molar-refractivity contribution >= 4 is 11.9 Å². The van der Waals surface area contributed by atoms with Gasteiger partial charge in [0.25, 0.3) is 0 Å². The van der Waals surface area contributed by atoms with Gasteiger partial charge in [0, 0.05) is 19.6 Å². The summed E-state index contributed by atoms with van der Waals surface area (Å²) in [6.45, 7) is 1.41. The van der Waals surface area contributed by atoms with Crippen LogP contribution in [0.1, 0.15) is 23.0 Å². The van der Waals surface area contributed by atoms with Crippen molar-refractivity contribution in [3.05, 3.63) is 11.9 Å². The summed E-state index contributed by atoms with van der Waals surface area (Å²) in [5, 5.41) is 28.4. The number of carbonyl (C=O) groups excluding carboxylic acids is 1. The van der Waals surface area contributed by atoms with Gasteiger partial charge in [0.2, 0.25) is 5.91 Å². The molecule has 2 unspecified atom stereocenters. The van der Waals surface area contributed by atoms with Crippen molar-refractivity contribution in [3.8, 4) is 0 Å². The summed E-state index contributed by atoms with van der Waals surface area (Å²) in [5.74, 6) is -1.15. The number of amides is 1. The van der Waals surface area contributed by atoms with E-state index in [0.29, 0.717) is 26.1 Å². The Labute approximate surface area is 114 Å². The van der Waals surface area contributed by atoms with E-state index in [4.69, 9.17) is 5.11 Å². The summed E-state index contributed by atoms with van der Waals surface area (Å²) in [6.07, 6.45) is 1.34. The maximum absolute atomic E-state index is 12.1. The highest BCUT2D eigenvalue weighted by Crippen LogP contribution is 2.22. The largest absolute Gasteiger partial charge is 0.476 e. The number of aromatic carboxylic acids is 1. The van der Waals surface area contributed by atoms with Gasteiger partial charge in [0.05, 0.1) is 24.4 Å². The molecule has 2 saturated heterocycles. The SMILES string of the molecule is O=C(O)c1cn(C2CN(C(=O)C3CC(O)CN3)C2)nn1. The first-order valence-corrected chi connectivity index (χ1v) is 6.40. The molecular weight excluding hydrogens is 266 g/mol. The highest BCUT2D eigenvalue weighted by Gasteiger charge is 2.38. The normalized spacial score (nSPS) is 26.6. The van der Waals surface area contributed by atoms with Crippen LogP contribution in [0.25, 0.3) is 0 Å². The maximum atomic E-state index is 12.1. The quantitative estimate of drug-likeness (QED) is 0.590. The number of rotatable bonds is 3. The zero-order chi connectivity index (χ0) is 14.3. The lowest BCUT2D eigenvalue weighted by atomic mass is 10.1. The number of aliphatic hydroxyl groups excluding tert-OH is 1. The minimum absolute atomic E-state index is 0.0311. The molecule has 0 bridgehead atoms. The molecule has 2 aliphatic rings. The summed E-state index contributed by atoms with van der Waals surface area (Å²) in [6, 6.07) is -0.359. The fourth-order valence-electron chi connectivity index (χ4n) is 2.48. The Morgan fingerprint density at radius 3 is 2.70 bits per heavy atom. The van der Waals surface area contributed by atoms with Gasteiger partial charge < -0.3 is 20.4 Å². The molecule has 3 heterocycles. The van der Waals surface area contributed by atoms with E-state index in [1.54, 1.807) is 4.90 Å². The van der Waals surface area contributed by atoms with Crippen LogP contribution in [-0.4, -0.2) is 73.8 Å². The number of β-amino-alcohol motifs (C(OH)–C–C–N with tert-alkyl or cyclic N) is 1. The highest BCUT2D eigenvalue weighted by molar-refractivity contribution is 5.84. The Morgan fingerprint density at radius 1 is 1.40 bits per heavy atom. The van der Waals surface area contributed by atoms with E-state index >= 15 is 0 Å². The molecule has 9 heteroatoms. The zero-order valence-corrected chi connectivity index (χ0v) is 10.6. The molecule has 0 spiro atoms. The number of hydrogen-bond donors (Lipinski definition) is 3. The highest BCUT2D eigenvalue weighted by atomic mass is 16.4. The number of aromatic nitrogens is 3. The fraction of sp³-hybridized carbons (Fsp3) is 0.636. The first kappa shape index (κ1) is 13.0. The molecule has 1 amide bonds. The van der Waals surface area contributed by atoms with Crippen LogP contribution in [0.15, 0.2) is 6.20 Å². The fourth-order valence-corrected chi connectivity index (χ4v) is 2.48. The van der Waals surface area contributed by atoms with E-state index in [0.717, 1.165) is 0 Å². The third-order valence-electron chi connectivity index (χ3n) is 3.68. The topological polar surface area (TPSA) is 121 Å². The first-order valence-electron chi connectivity index (χ1n) is 6.40. The molecule has 0 aliphatic carbocycles. The molecule has 2 atom stereocenters. The number of carboxylic acids is 1. The van der Waals surface area contributed by atoms with Crippen molar-refractivity contribution in [3.63, 3.8) is 0 Å². The van der Waals surface area contributed by atoms with E-state index in [1.165, 1.54) is 10.9 Å². The Hall–Kier alpha value is -2.00. The van der Waals surface area contributed by atoms with E-state index in [9.17, 15) is 14.7 Å². The van der Waals surface area contributed by atoms with E-state index in [-0.39, 0.29) is 23.7 Å². The van der Waals surface area contributed by atoms with Gasteiger partial charge in [-0.15, -0.1) is 5.10 Å². The number of likely N-dealkylation sites (tertiary alicyclic amines) is 1. The molecule has 108 valence electrons. The Balaban J connectivity index is 1.55. The van der Waals surface area contributed by atoms with E-state index in [2.05, 4.69) is 15.6 Å². The number of nitrogens with zero attached hydrogens (tertiary/aromatic N) is 4. The van der Waals surface area contributed by atoms with E-state index in [1.807, 2.05) is 0 Å². The minimum Gasteiger partial charge on any atom is -0.476 e. The molecule has 1 aromatic heterocycles. The summed E-state index contributed by atoms with van der Waals surface area (Å²) in [4.78, 5) is 24.5. The zero-order valence-electron chi connectivity index (χ0n) is 10.6. The summed E-state index contributed by atoms with van der Waals surface area (Å²) < 4.78 is 1.48. The van der Waals surface area contributed by atoms with Crippen LogP contribution in [0, 0.1) is 0 Å². The maximum Gasteiger partial charge on any atom is 0.358 e. The van der Waals surface area contributed by atoms with Crippen LogP contribution in [0.2, 0.25) is 0 Å². The molecule has 1 aromatic rings. The second kappa shape index (κ2) is 4.84. The van der Waals surface area contributed by atoms with Crippen molar-refractivity contribution in [1.82, 2.24) is 25.2 Å². The standard InChI is InChI=1S/C11H15N5O4/c17-7-1-8(12-2-7)10(18)15-3-6(4-15)16-5-9(11(19)20)13-14-16/h5-8,12,17H,1-4H2,(H,19,20). The van der Waals surface area contributed by atoms with Gasteiger partial charge in [-0.05, 0) is 6.42 Å². The molecule has 3 rings (SSSR count). The molecule has 2 fully saturated rings. The van der Waals surface area contributed by atoms with Crippen molar-refractivity contribution < 1.29 is 19.8 Å². The van der Waals surface area contributed by atoms with Gasteiger partial charge >= 0.3 is 5.97 Å². The number of aliphatic hydroxyl groups is 1. The van der Waals surface area contributed by atoms with Crippen molar-refractivity contribution in [2.24, 2.45) is 0 Å². The van der Waals surface area contributed by atoms with Gasteiger partial charge in [0.1, 0.15) is 0 Å². The molecule has 3 N–H and O–H groups in total. The smallest absolute Gasteiger partial charge is 0.358 e.